The first-order chi connectivity index (χ1) is 22.5. The highest BCUT2D eigenvalue weighted by Gasteiger charge is 2.43. The monoisotopic (exact) mass is 666 g/mol. The number of ketones is 1. The molecule has 2 heterocycles. The van der Waals surface area contributed by atoms with Gasteiger partial charge in [-0.3, -0.25) is 24.0 Å². The van der Waals surface area contributed by atoms with Crippen LogP contribution in [-0.2, 0) is 25.7 Å². The van der Waals surface area contributed by atoms with E-state index in [4.69, 9.17) is 0 Å². The van der Waals surface area contributed by atoms with Crippen LogP contribution in [0.2, 0.25) is 0 Å². The summed E-state index contributed by atoms with van der Waals surface area (Å²) in [6.45, 7) is 18.1. The third-order valence-electron chi connectivity index (χ3n) is 8.99. The fraction of sp³-hybridized carbons (Fsp3) is 0.611. The Labute approximate surface area is 284 Å². The third kappa shape index (κ3) is 9.67. The Bertz CT molecular complexity index is 1380. The topological polar surface area (TPSA) is 157 Å². The number of Topliss-reactive ketones (excluding diaryl/α,β-unsaturated/α-hetero) is 1. The van der Waals surface area contributed by atoms with Crippen LogP contribution < -0.4 is 21.3 Å². The van der Waals surface area contributed by atoms with Crippen molar-refractivity contribution in [1.29, 1.82) is 0 Å². The molecule has 0 bridgehead atoms. The summed E-state index contributed by atoms with van der Waals surface area (Å²) in [6, 6.07) is 3.62. The molecule has 1 fully saturated rings. The van der Waals surface area contributed by atoms with Gasteiger partial charge in [-0.1, -0.05) is 85.6 Å². The first-order valence-electron chi connectivity index (χ1n) is 17.0. The van der Waals surface area contributed by atoms with Crippen LogP contribution in [0, 0.1) is 10.8 Å². The molecule has 2 aliphatic heterocycles. The van der Waals surface area contributed by atoms with E-state index in [1.54, 1.807) is 11.0 Å². The van der Waals surface area contributed by atoms with Gasteiger partial charge in [0.2, 0.25) is 17.6 Å². The van der Waals surface area contributed by atoms with Crippen LogP contribution in [0.25, 0.3) is 0 Å². The number of carbonyl (C=O) groups is 6. The molecule has 1 unspecified atom stereocenters. The highest BCUT2D eigenvalue weighted by molar-refractivity contribution is 6.38. The van der Waals surface area contributed by atoms with Crippen molar-refractivity contribution in [1.82, 2.24) is 31.1 Å². The van der Waals surface area contributed by atoms with Crippen molar-refractivity contribution >= 4 is 35.4 Å². The van der Waals surface area contributed by atoms with Crippen LogP contribution in [0.3, 0.4) is 0 Å². The maximum Gasteiger partial charge on any atom is 0.315 e. The van der Waals surface area contributed by atoms with Crippen LogP contribution >= 0.6 is 0 Å². The van der Waals surface area contributed by atoms with Crippen molar-refractivity contribution in [2.75, 3.05) is 19.6 Å². The van der Waals surface area contributed by atoms with Gasteiger partial charge in [0.25, 0.3) is 11.8 Å². The van der Waals surface area contributed by atoms with E-state index >= 15 is 0 Å². The van der Waals surface area contributed by atoms with Crippen molar-refractivity contribution in [3.05, 3.63) is 48.0 Å². The van der Waals surface area contributed by atoms with Crippen LogP contribution in [0.1, 0.15) is 96.5 Å². The second-order valence-electron chi connectivity index (χ2n) is 14.9. The molecule has 48 heavy (non-hydrogen) atoms. The molecule has 1 aromatic rings. The van der Waals surface area contributed by atoms with E-state index in [0.717, 1.165) is 12.0 Å². The second-order valence-corrected chi connectivity index (χ2v) is 14.9. The molecular formula is C36H54N6O6. The molecule has 6 amide bonds. The Hall–Kier alpha value is -4.22. The number of unbranched alkanes of at least 4 members (excludes halogenated alkanes) is 1. The summed E-state index contributed by atoms with van der Waals surface area (Å²) < 4.78 is 0. The number of rotatable bonds is 14. The van der Waals surface area contributed by atoms with Crippen LogP contribution in [0.5, 0.6) is 0 Å². The number of likely N-dealkylation sites (tertiary alicyclic amines) is 1. The lowest BCUT2D eigenvalue weighted by Gasteiger charge is -2.38. The van der Waals surface area contributed by atoms with Crippen molar-refractivity contribution in [2.24, 2.45) is 10.8 Å². The quantitative estimate of drug-likeness (QED) is 0.176. The Morgan fingerprint density at radius 3 is 2.29 bits per heavy atom. The van der Waals surface area contributed by atoms with E-state index in [1.165, 1.54) is 11.0 Å². The number of nitrogens with zero attached hydrogens (tertiary/aromatic N) is 2. The number of hydrogen-bond acceptors (Lipinski definition) is 6. The highest BCUT2D eigenvalue weighted by Crippen LogP contribution is 2.28. The first kappa shape index (κ1) is 38.2. The van der Waals surface area contributed by atoms with E-state index in [1.807, 2.05) is 66.7 Å². The molecule has 0 aliphatic carbocycles. The summed E-state index contributed by atoms with van der Waals surface area (Å²) in [7, 11) is 0. The van der Waals surface area contributed by atoms with Gasteiger partial charge in [0.05, 0.1) is 12.1 Å². The molecule has 0 saturated carbocycles. The maximum atomic E-state index is 14.1. The number of carbonyl (C=O) groups excluding carboxylic acids is 6. The van der Waals surface area contributed by atoms with Crippen molar-refractivity contribution in [3.8, 4) is 0 Å². The van der Waals surface area contributed by atoms with Gasteiger partial charge in [-0.25, -0.2) is 4.79 Å². The molecule has 12 heteroatoms. The fourth-order valence-electron chi connectivity index (χ4n) is 6.02. The lowest BCUT2D eigenvalue weighted by atomic mass is 9.85. The van der Waals surface area contributed by atoms with Gasteiger partial charge in [-0.05, 0) is 41.7 Å². The van der Waals surface area contributed by atoms with Gasteiger partial charge in [0.1, 0.15) is 12.1 Å². The minimum Gasteiger partial charge on any atom is -0.346 e. The Morgan fingerprint density at radius 1 is 1.00 bits per heavy atom. The average molecular weight is 667 g/mol. The third-order valence-corrected chi connectivity index (χ3v) is 8.99. The zero-order chi connectivity index (χ0) is 35.8. The average Bonchev–Trinajstić information content (AvgIpc) is 3.63. The predicted octanol–water partition coefficient (Wildman–Crippen LogP) is 3.31. The first-order valence-corrected chi connectivity index (χ1v) is 17.0. The van der Waals surface area contributed by atoms with Gasteiger partial charge >= 0.3 is 6.03 Å². The summed E-state index contributed by atoms with van der Waals surface area (Å²) >= 11 is 0. The number of fused-ring (bicyclic) bond motifs is 1. The van der Waals surface area contributed by atoms with E-state index in [2.05, 4.69) is 27.8 Å². The Kier molecular flexibility index (Phi) is 12.9. The predicted molar refractivity (Wildman–Crippen MR) is 184 cm³/mol. The molecular weight excluding hydrogens is 612 g/mol. The minimum absolute atomic E-state index is 0.0841. The molecule has 1 aromatic carbocycles. The van der Waals surface area contributed by atoms with Crippen LogP contribution in [-0.4, -0.2) is 89.0 Å². The fourth-order valence-corrected chi connectivity index (χ4v) is 6.02. The summed E-state index contributed by atoms with van der Waals surface area (Å²) in [5.41, 5.74) is 0.471. The normalized spacial score (nSPS) is 18.0. The zero-order valence-corrected chi connectivity index (χ0v) is 29.6. The molecule has 12 nitrogen and oxygen atoms in total. The van der Waals surface area contributed by atoms with Gasteiger partial charge in [-0.15, -0.1) is 6.58 Å². The van der Waals surface area contributed by atoms with Crippen LogP contribution in [0.4, 0.5) is 4.79 Å². The van der Waals surface area contributed by atoms with E-state index < -0.39 is 64.5 Å². The molecule has 0 spiro atoms. The molecule has 3 rings (SSSR count). The standard InChI is InChI=1S/C36H54N6O6/c1-9-11-17-25(28(43)31(45)37-19-10-2)38-30(44)26-18-14-20-42(26)33(47)29(36(6,7)8)40-34(48)39-27(35(3,4)5)22-41-21-23-15-12-13-16-24(23)32(41)46/h10,12-13,15-16,25-27,29H,2,9,11,14,17-22H2,1,3-8H3,(H,37,45)(H,38,44)(H2,39,40,48)/t25?,26-,27+,29+/m0/s1. The Balaban J connectivity index is 1.73. The van der Waals surface area contributed by atoms with E-state index in [0.29, 0.717) is 44.3 Å². The SMILES string of the molecule is C=CCNC(=O)C(=O)C(CCCC)NC(=O)[C@@H]1CCCN1C(=O)[C@@H](NC(=O)N[C@H](CN1Cc2ccccc2C1=O)C(C)(C)C)C(C)(C)C. The molecule has 264 valence electrons. The van der Waals surface area contributed by atoms with Gasteiger partial charge in [-0.2, -0.15) is 0 Å². The number of urea groups is 1. The molecule has 4 N–H and O–H groups in total. The summed E-state index contributed by atoms with van der Waals surface area (Å²) in [4.78, 5) is 82.8. The van der Waals surface area contributed by atoms with E-state index in [-0.39, 0.29) is 19.0 Å². The number of nitrogens with one attached hydrogen (secondary N) is 4. The zero-order valence-electron chi connectivity index (χ0n) is 29.6. The highest BCUT2D eigenvalue weighted by atomic mass is 16.2. The lowest BCUT2D eigenvalue weighted by molar-refractivity contribution is -0.143. The smallest absolute Gasteiger partial charge is 0.315 e. The number of hydrogen-bond donors (Lipinski definition) is 4. The lowest BCUT2D eigenvalue weighted by Crippen LogP contribution is -2.61. The van der Waals surface area contributed by atoms with Crippen LogP contribution in [0.15, 0.2) is 36.9 Å². The minimum atomic E-state index is -1.02. The molecule has 4 atom stereocenters. The number of benzene rings is 1. The molecule has 0 radical (unpaired) electrons. The van der Waals surface area contributed by atoms with Crippen molar-refractivity contribution in [3.63, 3.8) is 0 Å². The molecule has 2 aliphatic rings. The van der Waals surface area contributed by atoms with Crippen molar-refractivity contribution in [2.45, 2.75) is 111 Å². The summed E-state index contributed by atoms with van der Waals surface area (Å²) in [6.07, 6.45) is 4.09. The van der Waals surface area contributed by atoms with Crippen molar-refractivity contribution < 1.29 is 28.8 Å². The van der Waals surface area contributed by atoms with Gasteiger partial charge in [0.15, 0.2) is 0 Å². The largest absolute Gasteiger partial charge is 0.346 e. The summed E-state index contributed by atoms with van der Waals surface area (Å²) in [5, 5.41) is 11.1. The Morgan fingerprint density at radius 2 is 1.69 bits per heavy atom. The second kappa shape index (κ2) is 16.3. The summed E-state index contributed by atoms with van der Waals surface area (Å²) in [5.74, 6) is -2.54. The molecule has 1 saturated heterocycles. The molecule has 0 aromatic heterocycles. The van der Waals surface area contributed by atoms with E-state index in [9.17, 15) is 28.8 Å². The van der Waals surface area contributed by atoms with Gasteiger partial charge in [0, 0.05) is 31.7 Å². The van der Waals surface area contributed by atoms with Gasteiger partial charge < -0.3 is 31.1 Å². The number of amides is 6. The maximum absolute atomic E-state index is 14.1.